The Hall–Kier alpha value is -1.31. The summed E-state index contributed by atoms with van der Waals surface area (Å²) in [7, 11) is 3.81. The number of amides is 1. The van der Waals surface area contributed by atoms with Crippen LogP contribution in [0.4, 0.5) is 13.2 Å². The molecule has 8 heteroatoms. The van der Waals surface area contributed by atoms with E-state index in [1.165, 1.54) is 6.07 Å². The van der Waals surface area contributed by atoms with Crippen LogP contribution in [0.2, 0.25) is 0 Å². The van der Waals surface area contributed by atoms with Crippen LogP contribution in [0.3, 0.4) is 0 Å². The van der Waals surface area contributed by atoms with E-state index in [4.69, 9.17) is 5.73 Å². The average Bonchev–Trinajstić information content (AvgIpc) is 2.57. The minimum atomic E-state index is -4.38. The number of alkyl halides is 3. The van der Waals surface area contributed by atoms with Crippen molar-refractivity contribution in [3.63, 3.8) is 0 Å². The molecule has 2 rings (SSSR count). The summed E-state index contributed by atoms with van der Waals surface area (Å²) in [5.41, 5.74) is 5.81. The Morgan fingerprint density at radius 2 is 1.93 bits per heavy atom. The number of carbonyl (C=O) groups excluding carboxylic acids is 1. The molecule has 2 unspecified atom stereocenters. The molecule has 2 atom stereocenters. The molecule has 0 radical (unpaired) electrons. The van der Waals surface area contributed by atoms with Crippen molar-refractivity contribution in [1.82, 2.24) is 9.80 Å². The standard InChI is InChI=1S/C19H28F3N3O.ClH/c1-24(2)9-10-25(18(26)15-6-4-8-17(23)12-15)13-14-5-3-7-16(11-14)19(20,21)22;/h3,5,7,11,15,17H,4,6,8-10,12-13,23H2,1-2H3;1H. The Morgan fingerprint density at radius 3 is 2.52 bits per heavy atom. The van der Waals surface area contributed by atoms with E-state index in [9.17, 15) is 18.0 Å². The first-order valence-corrected chi connectivity index (χ1v) is 9.02. The molecule has 1 aromatic rings. The monoisotopic (exact) mass is 407 g/mol. The van der Waals surface area contributed by atoms with Gasteiger partial charge in [0.25, 0.3) is 0 Å². The van der Waals surface area contributed by atoms with E-state index < -0.39 is 11.7 Å². The normalized spacial score (nSPS) is 20.3. The largest absolute Gasteiger partial charge is 0.416 e. The van der Waals surface area contributed by atoms with Crippen LogP contribution in [0.25, 0.3) is 0 Å². The number of benzene rings is 1. The van der Waals surface area contributed by atoms with Crippen LogP contribution >= 0.6 is 12.4 Å². The van der Waals surface area contributed by atoms with Gasteiger partial charge in [-0.05, 0) is 51.1 Å². The molecular weight excluding hydrogens is 379 g/mol. The van der Waals surface area contributed by atoms with Crippen molar-refractivity contribution in [3.8, 4) is 0 Å². The Morgan fingerprint density at radius 1 is 1.22 bits per heavy atom. The lowest BCUT2D eigenvalue weighted by Gasteiger charge is -2.32. The molecule has 1 saturated carbocycles. The number of nitrogens with two attached hydrogens (primary N) is 1. The fourth-order valence-electron chi connectivity index (χ4n) is 3.36. The van der Waals surface area contributed by atoms with Crippen LogP contribution in [-0.4, -0.2) is 48.9 Å². The number of carbonyl (C=O) groups is 1. The highest BCUT2D eigenvalue weighted by Gasteiger charge is 2.32. The first-order chi connectivity index (χ1) is 12.2. The third kappa shape index (κ3) is 7.31. The van der Waals surface area contributed by atoms with Gasteiger partial charge < -0.3 is 15.5 Å². The van der Waals surface area contributed by atoms with Crippen molar-refractivity contribution in [3.05, 3.63) is 35.4 Å². The van der Waals surface area contributed by atoms with Crippen LogP contribution in [0, 0.1) is 5.92 Å². The number of nitrogens with zero attached hydrogens (tertiary/aromatic N) is 2. The summed E-state index contributed by atoms with van der Waals surface area (Å²) < 4.78 is 38.9. The van der Waals surface area contributed by atoms with Crippen LogP contribution in [0.1, 0.15) is 36.8 Å². The lowest BCUT2D eigenvalue weighted by molar-refractivity contribution is -0.137. The summed E-state index contributed by atoms with van der Waals surface area (Å²) in [5.74, 6) is -0.133. The zero-order valence-corrected chi connectivity index (χ0v) is 16.7. The van der Waals surface area contributed by atoms with Gasteiger partial charge in [0.2, 0.25) is 5.91 Å². The van der Waals surface area contributed by atoms with Crippen LogP contribution in [0.5, 0.6) is 0 Å². The van der Waals surface area contributed by atoms with Crippen molar-refractivity contribution in [2.75, 3.05) is 27.2 Å². The summed E-state index contributed by atoms with van der Waals surface area (Å²) >= 11 is 0. The van der Waals surface area contributed by atoms with E-state index in [2.05, 4.69) is 0 Å². The van der Waals surface area contributed by atoms with E-state index in [1.54, 1.807) is 11.0 Å². The molecule has 0 spiro atoms. The number of likely N-dealkylation sites (N-methyl/N-ethyl adjacent to an activating group) is 1. The first-order valence-electron chi connectivity index (χ1n) is 9.02. The summed E-state index contributed by atoms with van der Waals surface area (Å²) in [4.78, 5) is 16.6. The van der Waals surface area contributed by atoms with Gasteiger partial charge in [-0.3, -0.25) is 4.79 Å². The molecule has 0 saturated heterocycles. The van der Waals surface area contributed by atoms with Gasteiger partial charge in [-0.15, -0.1) is 12.4 Å². The Kier molecular flexibility index (Phi) is 9.05. The molecule has 0 bridgehead atoms. The lowest BCUT2D eigenvalue weighted by Crippen LogP contribution is -2.42. The van der Waals surface area contributed by atoms with E-state index in [0.29, 0.717) is 25.1 Å². The second kappa shape index (κ2) is 10.3. The van der Waals surface area contributed by atoms with E-state index in [-0.39, 0.29) is 36.8 Å². The van der Waals surface area contributed by atoms with Crippen molar-refractivity contribution >= 4 is 18.3 Å². The van der Waals surface area contributed by atoms with E-state index in [1.807, 2.05) is 19.0 Å². The second-order valence-corrected chi connectivity index (χ2v) is 7.38. The number of hydrogen-bond donors (Lipinski definition) is 1. The lowest BCUT2D eigenvalue weighted by atomic mass is 9.85. The third-order valence-corrected chi connectivity index (χ3v) is 4.82. The predicted molar refractivity (Wildman–Crippen MR) is 103 cm³/mol. The van der Waals surface area contributed by atoms with E-state index >= 15 is 0 Å². The van der Waals surface area contributed by atoms with Gasteiger partial charge >= 0.3 is 6.18 Å². The zero-order valence-electron chi connectivity index (χ0n) is 15.8. The van der Waals surface area contributed by atoms with Crippen molar-refractivity contribution in [1.29, 1.82) is 0 Å². The maximum atomic E-state index is 13.0. The molecule has 0 aromatic heterocycles. The van der Waals surface area contributed by atoms with Crippen LogP contribution in [-0.2, 0) is 17.5 Å². The van der Waals surface area contributed by atoms with Gasteiger partial charge in [-0.2, -0.15) is 13.2 Å². The molecule has 1 aromatic carbocycles. The zero-order chi connectivity index (χ0) is 19.3. The van der Waals surface area contributed by atoms with Crippen molar-refractivity contribution in [2.45, 2.75) is 44.4 Å². The highest BCUT2D eigenvalue weighted by molar-refractivity contribution is 5.85. The van der Waals surface area contributed by atoms with Crippen molar-refractivity contribution < 1.29 is 18.0 Å². The maximum Gasteiger partial charge on any atom is 0.416 e. The van der Waals surface area contributed by atoms with Crippen LogP contribution < -0.4 is 5.73 Å². The van der Waals surface area contributed by atoms with Gasteiger partial charge in [0, 0.05) is 31.6 Å². The summed E-state index contributed by atoms with van der Waals surface area (Å²) in [6.07, 6.45) is -1.09. The second-order valence-electron chi connectivity index (χ2n) is 7.38. The molecule has 1 amide bonds. The Labute approximate surface area is 165 Å². The fraction of sp³-hybridized carbons (Fsp3) is 0.632. The molecule has 2 N–H and O–H groups in total. The summed E-state index contributed by atoms with van der Waals surface area (Å²) in [6, 6.07) is 5.24. The molecule has 0 aliphatic heterocycles. The predicted octanol–water partition coefficient (Wildman–Crippen LogP) is 3.53. The topological polar surface area (TPSA) is 49.6 Å². The molecule has 154 valence electrons. The molecule has 4 nitrogen and oxygen atoms in total. The molecule has 0 heterocycles. The SMILES string of the molecule is CN(C)CCN(Cc1cccc(C(F)(F)F)c1)C(=O)C1CCCC(N)C1.Cl. The Bertz CT molecular complexity index is 610. The summed E-state index contributed by atoms with van der Waals surface area (Å²) in [5, 5.41) is 0. The first kappa shape index (κ1) is 23.7. The third-order valence-electron chi connectivity index (χ3n) is 4.82. The minimum absolute atomic E-state index is 0. The van der Waals surface area contributed by atoms with Gasteiger partial charge in [-0.25, -0.2) is 0 Å². The van der Waals surface area contributed by atoms with Gasteiger partial charge in [0.05, 0.1) is 5.56 Å². The van der Waals surface area contributed by atoms with Crippen LogP contribution in [0.15, 0.2) is 24.3 Å². The maximum absolute atomic E-state index is 13.0. The quantitative estimate of drug-likeness (QED) is 0.784. The number of halogens is 4. The molecule has 1 fully saturated rings. The Balaban J connectivity index is 0.00000364. The van der Waals surface area contributed by atoms with E-state index in [0.717, 1.165) is 31.4 Å². The molecule has 27 heavy (non-hydrogen) atoms. The van der Waals surface area contributed by atoms with Gasteiger partial charge in [-0.1, -0.05) is 18.6 Å². The average molecular weight is 408 g/mol. The highest BCUT2D eigenvalue weighted by Crippen LogP contribution is 2.30. The smallest absolute Gasteiger partial charge is 0.337 e. The molecule has 1 aliphatic rings. The van der Waals surface area contributed by atoms with Crippen molar-refractivity contribution in [2.24, 2.45) is 11.7 Å². The fourth-order valence-corrected chi connectivity index (χ4v) is 3.36. The minimum Gasteiger partial charge on any atom is -0.337 e. The number of rotatable bonds is 6. The van der Waals surface area contributed by atoms with Gasteiger partial charge in [0.1, 0.15) is 0 Å². The highest BCUT2D eigenvalue weighted by atomic mass is 35.5. The molecular formula is C19H29ClF3N3O. The van der Waals surface area contributed by atoms with Gasteiger partial charge in [0.15, 0.2) is 0 Å². The number of hydrogen-bond acceptors (Lipinski definition) is 3. The summed E-state index contributed by atoms with van der Waals surface area (Å²) in [6.45, 7) is 1.32. The molecule has 1 aliphatic carbocycles.